The highest BCUT2D eigenvalue weighted by molar-refractivity contribution is 6.07. The Kier molecular flexibility index (Phi) is 9.22. The standard InChI is InChI=1S/C38H42O11/c1-8-36(6)20-25(41)29-37(7)26(19-27(46-21(2)39)38(29,45)34(36)44)35(4,5)30(48-32(42)23-15-11-9-12-16-23)28(47-22(3)40)31(37)49-33(43)24-17-13-10-14-18-24/h8-18,26-31,45H,1,19-20H2,2-7H3/t26?,27-,28+,29?,30-,31+,36+,37+,38+/m1/s1. The van der Waals surface area contributed by atoms with Crippen LogP contribution in [0, 0.1) is 28.1 Å². The van der Waals surface area contributed by atoms with Gasteiger partial charge in [0.1, 0.15) is 24.1 Å². The van der Waals surface area contributed by atoms with Gasteiger partial charge < -0.3 is 24.1 Å². The van der Waals surface area contributed by atoms with E-state index < -0.39 is 93.5 Å². The van der Waals surface area contributed by atoms with Gasteiger partial charge >= 0.3 is 23.9 Å². The van der Waals surface area contributed by atoms with Crippen LogP contribution in [0.15, 0.2) is 73.3 Å². The zero-order chi connectivity index (χ0) is 36.1. The summed E-state index contributed by atoms with van der Waals surface area (Å²) in [7, 11) is 0. The lowest BCUT2D eigenvalue weighted by Gasteiger charge is -2.67. The van der Waals surface area contributed by atoms with Gasteiger partial charge in [-0.2, -0.15) is 0 Å². The van der Waals surface area contributed by atoms with Gasteiger partial charge in [-0.3, -0.25) is 19.2 Å². The van der Waals surface area contributed by atoms with E-state index in [9.17, 15) is 33.9 Å². The summed E-state index contributed by atoms with van der Waals surface area (Å²) in [5.74, 6) is -6.97. The second-order valence-electron chi connectivity index (χ2n) is 14.4. The fourth-order valence-electron chi connectivity index (χ4n) is 8.73. The SMILES string of the molecule is C=C[C@@]1(C)CC(=O)C2[C@]3(C)C(C[C@@H](OC(C)=O)[C@@]2(O)C1=O)C(C)(C)[C@H](OC(=O)c1ccccc1)[C@H](OC(C)=O)[C@@H]3OC(=O)c1ccccc1. The number of hydrogen-bond acceptors (Lipinski definition) is 11. The number of ketones is 2. The summed E-state index contributed by atoms with van der Waals surface area (Å²) in [5, 5.41) is 12.6. The van der Waals surface area contributed by atoms with Gasteiger partial charge in [0.25, 0.3) is 0 Å². The normalized spacial score (nSPS) is 34.8. The Morgan fingerprint density at radius 1 is 0.776 bits per heavy atom. The van der Waals surface area contributed by atoms with Crippen molar-refractivity contribution in [1.29, 1.82) is 0 Å². The predicted molar refractivity (Wildman–Crippen MR) is 174 cm³/mol. The van der Waals surface area contributed by atoms with Gasteiger partial charge in [-0.15, -0.1) is 6.58 Å². The molecule has 0 bridgehead atoms. The molecule has 2 aromatic carbocycles. The number of benzene rings is 2. The van der Waals surface area contributed by atoms with Crippen molar-refractivity contribution in [3.8, 4) is 0 Å². The fraction of sp³-hybridized carbons (Fsp3) is 0.474. The van der Waals surface area contributed by atoms with Crippen LogP contribution in [-0.4, -0.2) is 70.6 Å². The number of fused-ring (bicyclic) bond motifs is 3. The van der Waals surface area contributed by atoms with Crippen LogP contribution in [0.4, 0.5) is 0 Å². The molecule has 0 saturated heterocycles. The summed E-state index contributed by atoms with van der Waals surface area (Å²) in [4.78, 5) is 81.7. The number of esters is 4. The Morgan fingerprint density at radius 2 is 1.27 bits per heavy atom. The number of aliphatic hydroxyl groups is 1. The molecule has 0 amide bonds. The van der Waals surface area contributed by atoms with Crippen molar-refractivity contribution in [3.63, 3.8) is 0 Å². The first-order valence-electron chi connectivity index (χ1n) is 16.2. The average Bonchev–Trinajstić information content (AvgIpc) is 3.05. The van der Waals surface area contributed by atoms with Gasteiger partial charge in [-0.05, 0) is 43.5 Å². The smallest absolute Gasteiger partial charge is 0.338 e. The predicted octanol–water partition coefficient (Wildman–Crippen LogP) is 4.45. The molecule has 0 radical (unpaired) electrons. The maximum Gasteiger partial charge on any atom is 0.338 e. The molecule has 2 aromatic rings. The Balaban J connectivity index is 1.77. The molecule has 0 heterocycles. The van der Waals surface area contributed by atoms with Gasteiger partial charge in [0.05, 0.1) is 22.5 Å². The molecule has 0 aliphatic heterocycles. The molecule has 2 unspecified atom stereocenters. The minimum atomic E-state index is -2.59. The summed E-state index contributed by atoms with van der Waals surface area (Å²) in [6.07, 6.45) is -5.10. The third-order valence-corrected chi connectivity index (χ3v) is 10.9. The van der Waals surface area contributed by atoms with Crippen LogP contribution in [0.5, 0.6) is 0 Å². The quantitative estimate of drug-likeness (QED) is 0.251. The maximum atomic E-state index is 14.5. The minimum absolute atomic E-state index is 0.140. The van der Waals surface area contributed by atoms with Crippen molar-refractivity contribution < 1.29 is 52.8 Å². The molecular weight excluding hydrogens is 632 g/mol. The molecule has 49 heavy (non-hydrogen) atoms. The van der Waals surface area contributed by atoms with E-state index in [2.05, 4.69) is 6.58 Å². The summed E-state index contributed by atoms with van der Waals surface area (Å²) < 4.78 is 24.0. The van der Waals surface area contributed by atoms with E-state index in [0.717, 1.165) is 13.8 Å². The van der Waals surface area contributed by atoms with Crippen LogP contribution in [0.25, 0.3) is 0 Å². The van der Waals surface area contributed by atoms with Crippen molar-refractivity contribution in [3.05, 3.63) is 84.4 Å². The molecular formula is C38H42O11. The van der Waals surface area contributed by atoms with Crippen LogP contribution in [0.3, 0.4) is 0 Å². The highest BCUT2D eigenvalue weighted by atomic mass is 16.6. The second kappa shape index (κ2) is 12.7. The fourth-order valence-corrected chi connectivity index (χ4v) is 8.73. The molecule has 3 fully saturated rings. The minimum Gasteiger partial charge on any atom is -0.459 e. The van der Waals surface area contributed by atoms with Crippen LogP contribution in [0.1, 0.15) is 75.1 Å². The number of ether oxygens (including phenoxy) is 4. The number of carbonyl (C=O) groups excluding carboxylic acids is 6. The lowest BCUT2D eigenvalue weighted by molar-refractivity contribution is -0.292. The Hall–Kier alpha value is -4.64. The molecule has 0 aromatic heterocycles. The number of carbonyl (C=O) groups is 6. The van der Waals surface area contributed by atoms with E-state index in [-0.39, 0.29) is 24.0 Å². The molecule has 3 saturated carbocycles. The van der Waals surface area contributed by atoms with E-state index in [1.807, 2.05) is 0 Å². The van der Waals surface area contributed by atoms with Crippen molar-refractivity contribution in [2.45, 2.75) is 84.4 Å². The first kappa shape index (κ1) is 35.7. The van der Waals surface area contributed by atoms with E-state index >= 15 is 0 Å². The molecule has 11 nitrogen and oxygen atoms in total. The van der Waals surface area contributed by atoms with Gasteiger partial charge in [-0.25, -0.2) is 9.59 Å². The summed E-state index contributed by atoms with van der Waals surface area (Å²) in [6.45, 7) is 12.6. The molecule has 3 aliphatic carbocycles. The average molecular weight is 675 g/mol. The van der Waals surface area contributed by atoms with Crippen molar-refractivity contribution >= 4 is 35.4 Å². The Bertz CT molecular complexity index is 1680. The maximum absolute atomic E-state index is 14.5. The van der Waals surface area contributed by atoms with Gasteiger partial charge in [0.2, 0.25) is 0 Å². The molecule has 5 rings (SSSR count). The number of allylic oxidation sites excluding steroid dienone is 1. The molecule has 3 aliphatic rings. The van der Waals surface area contributed by atoms with Crippen LogP contribution in [0.2, 0.25) is 0 Å². The Morgan fingerprint density at radius 3 is 1.73 bits per heavy atom. The Labute approximate surface area is 284 Å². The van der Waals surface area contributed by atoms with E-state index in [1.165, 1.54) is 25.1 Å². The first-order chi connectivity index (χ1) is 22.9. The number of Topliss-reactive ketones (excluding diaryl/α,β-unsaturated/α-hetero) is 2. The van der Waals surface area contributed by atoms with E-state index in [0.29, 0.717) is 0 Å². The van der Waals surface area contributed by atoms with Crippen LogP contribution in [-0.2, 0) is 38.1 Å². The molecule has 9 atom stereocenters. The van der Waals surface area contributed by atoms with E-state index in [1.54, 1.807) is 69.3 Å². The zero-order valence-electron chi connectivity index (χ0n) is 28.5. The van der Waals surface area contributed by atoms with Crippen LogP contribution >= 0.6 is 0 Å². The van der Waals surface area contributed by atoms with Crippen LogP contribution < -0.4 is 0 Å². The number of rotatable bonds is 7. The number of hydrogen-bond donors (Lipinski definition) is 1. The van der Waals surface area contributed by atoms with Gasteiger partial charge in [0, 0.05) is 31.1 Å². The van der Waals surface area contributed by atoms with E-state index in [4.69, 9.17) is 18.9 Å². The zero-order valence-corrected chi connectivity index (χ0v) is 28.5. The summed E-state index contributed by atoms with van der Waals surface area (Å²) >= 11 is 0. The van der Waals surface area contributed by atoms with Crippen molar-refractivity contribution in [2.75, 3.05) is 0 Å². The second-order valence-corrected chi connectivity index (χ2v) is 14.4. The summed E-state index contributed by atoms with van der Waals surface area (Å²) in [5.41, 5.74) is -6.61. The molecule has 1 N–H and O–H groups in total. The largest absolute Gasteiger partial charge is 0.459 e. The van der Waals surface area contributed by atoms with Gasteiger partial charge in [-0.1, -0.05) is 63.2 Å². The lowest BCUT2D eigenvalue weighted by Crippen LogP contribution is -2.80. The third kappa shape index (κ3) is 5.77. The molecule has 0 spiro atoms. The first-order valence-corrected chi connectivity index (χ1v) is 16.2. The monoisotopic (exact) mass is 674 g/mol. The molecule has 260 valence electrons. The third-order valence-electron chi connectivity index (χ3n) is 10.9. The van der Waals surface area contributed by atoms with Crippen molar-refractivity contribution in [2.24, 2.45) is 28.1 Å². The van der Waals surface area contributed by atoms with Gasteiger partial charge in [0.15, 0.2) is 17.5 Å². The molecule has 11 heteroatoms. The highest BCUT2D eigenvalue weighted by Crippen LogP contribution is 2.66. The summed E-state index contributed by atoms with van der Waals surface area (Å²) in [6, 6.07) is 16.1. The lowest BCUT2D eigenvalue weighted by atomic mass is 9.39. The highest BCUT2D eigenvalue weighted by Gasteiger charge is 2.78. The topological polar surface area (TPSA) is 160 Å². The van der Waals surface area contributed by atoms with Crippen molar-refractivity contribution in [1.82, 2.24) is 0 Å².